The van der Waals surface area contributed by atoms with Gasteiger partial charge in [-0.3, -0.25) is 4.79 Å². The first-order valence-corrected chi connectivity index (χ1v) is 6.25. The van der Waals surface area contributed by atoms with Gasteiger partial charge in [-0.2, -0.15) is 0 Å². The minimum Gasteiger partial charge on any atom is -0.481 e. The van der Waals surface area contributed by atoms with E-state index in [0.717, 1.165) is 13.1 Å². The topological polar surface area (TPSA) is 52.6 Å². The van der Waals surface area contributed by atoms with Gasteiger partial charge in [0.2, 0.25) is 0 Å². The van der Waals surface area contributed by atoms with Gasteiger partial charge in [0, 0.05) is 13.1 Å². The van der Waals surface area contributed by atoms with Gasteiger partial charge >= 0.3 is 5.97 Å². The average molecular weight is 228 g/mol. The van der Waals surface area contributed by atoms with Crippen LogP contribution in [-0.4, -0.2) is 49.2 Å². The number of rotatable bonds is 6. The molecule has 1 rings (SSSR count). The van der Waals surface area contributed by atoms with Gasteiger partial charge in [0.25, 0.3) is 0 Å². The van der Waals surface area contributed by atoms with Gasteiger partial charge in [-0.1, -0.05) is 6.92 Å². The highest BCUT2D eigenvalue weighted by molar-refractivity contribution is 5.70. The molecular weight excluding hydrogens is 204 g/mol. The fourth-order valence-corrected chi connectivity index (χ4v) is 2.31. The van der Waals surface area contributed by atoms with Crippen LogP contribution in [0.3, 0.4) is 0 Å². The number of carboxylic acids is 1. The van der Waals surface area contributed by atoms with Crippen LogP contribution in [0.4, 0.5) is 0 Å². The third-order valence-corrected chi connectivity index (χ3v) is 3.39. The zero-order chi connectivity index (χ0) is 12.0. The number of likely N-dealkylation sites (tertiary alicyclic amines) is 1. The Morgan fingerprint density at radius 3 is 2.94 bits per heavy atom. The molecule has 0 saturated carbocycles. The number of hydrogen-bond donors (Lipinski definition) is 2. The molecule has 1 fully saturated rings. The Bertz CT molecular complexity index is 221. The molecule has 2 N–H and O–H groups in total. The van der Waals surface area contributed by atoms with E-state index in [-0.39, 0.29) is 5.92 Å². The van der Waals surface area contributed by atoms with Crippen LogP contribution in [-0.2, 0) is 4.79 Å². The van der Waals surface area contributed by atoms with Crippen molar-refractivity contribution in [2.75, 3.05) is 33.2 Å². The monoisotopic (exact) mass is 228 g/mol. The van der Waals surface area contributed by atoms with E-state index in [1.807, 2.05) is 6.92 Å². The Hall–Kier alpha value is -0.610. The van der Waals surface area contributed by atoms with Crippen molar-refractivity contribution in [2.24, 2.45) is 11.8 Å². The average Bonchev–Trinajstić information content (AvgIpc) is 2.24. The van der Waals surface area contributed by atoms with Crippen molar-refractivity contribution < 1.29 is 9.90 Å². The molecule has 0 radical (unpaired) electrons. The molecular formula is C12H24N2O2. The molecule has 1 aliphatic rings. The maximum atomic E-state index is 10.8. The van der Waals surface area contributed by atoms with Crippen molar-refractivity contribution in [3.63, 3.8) is 0 Å². The van der Waals surface area contributed by atoms with Crippen LogP contribution in [0.15, 0.2) is 0 Å². The second-order valence-corrected chi connectivity index (χ2v) is 4.87. The van der Waals surface area contributed by atoms with E-state index in [1.165, 1.54) is 19.4 Å². The van der Waals surface area contributed by atoms with Gasteiger partial charge in [-0.25, -0.2) is 0 Å². The molecule has 0 aromatic carbocycles. The molecule has 1 aliphatic heterocycles. The summed E-state index contributed by atoms with van der Waals surface area (Å²) in [6.07, 6.45) is 3.23. The summed E-state index contributed by atoms with van der Waals surface area (Å²) in [5.74, 6) is -0.234. The molecule has 0 aliphatic carbocycles. The Kier molecular flexibility index (Phi) is 5.77. The van der Waals surface area contributed by atoms with E-state index in [9.17, 15) is 4.79 Å². The van der Waals surface area contributed by atoms with E-state index in [4.69, 9.17) is 5.11 Å². The molecule has 2 atom stereocenters. The summed E-state index contributed by atoms with van der Waals surface area (Å²) in [5, 5.41) is 12.2. The van der Waals surface area contributed by atoms with Gasteiger partial charge in [-0.15, -0.1) is 0 Å². The lowest BCUT2D eigenvalue weighted by atomic mass is 9.98. The second kappa shape index (κ2) is 6.86. The normalized spacial score (nSPS) is 24.2. The van der Waals surface area contributed by atoms with Crippen molar-refractivity contribution in [2.45, 2.75) is 26.2 Å². The van der Waals surface area contributed by atoms with Gasteiger partial charge in [0.15, 0.2) is 0 Å². The lowest BCUT2D eigenvalue weighted by molar-refractivity contribution is -0.141. The predicted octanol–water partition coefficient (Wildman–Crippen LogP) is 1.03. The van der Waals surface area contributed by atoms with E-state index >= 15 is 0 Å². The number of piperidine rings is 1. The largest absolute Gasteiger partial charge is 0.481 e. The SMILES string of the molecule is CCC(CNCC1CCCN(C)C1)C(=O)O. The number of nitrogens with zero attached hydrogens (tertiary/aromatic N) is 1. The Morgan fingerprint density at radius 2 is 2.38 bits per heavy atom. The van der Waals surface area contributed by atoms with Gasteiger partial charge in [0.1, 0.15) is 0 Å². The third-order valence-electron chi connectivity index (χ3n) is 3.39. The fourth-order valence-electron chi connectivity index (χ4n) is 2.31. The summed E-state index contributed by atoms with van der Waals surface area (Å²) in [7, 11) is 2.15. The van der Waals surface area contributed by atoms with Crippen molar-refractivity contribution in [1.29, 1.82) is 0 Å². The van der Waals surface area contributed by atoms with Crippen LogP contribution in [0.5, 0.6) is 0 Å². The maximum absolute atomic E-state index is 10.8. The Morgan fingerprint density at radius 1 is 1.62 bits per heavy atom. The first-order valence-electron chi connectivity index (χ1n) is 6.25. The summed E-state index contributed by atoms with van der Waals surface area (Å²) in [5.41, 5.74) is 0. The number of carboxylic acid groups (broad SMARTS) is 1. The fraction of sp³-hybridized carbons (Fsp3) is 0.917. The molecule has 4 heteroatoms. The van der Waals surface area contributed by atoms with Crippen molar-refractivity contribution >= 4 is 5.97 Å². The summed E-state index contributed by atoms with van der Waals surface area (Å²) in [6.45, 7) is 5.81. The van der Waals surface area contributed by atoms with Crippen LogP contribution < -0.4 is 5.32 Å². The van der Waals surface area contributed by atoms with Crippen LogP contribution in [0.2, 0.25) is 0 Å². The molecule has 0 bridgehead atoms. The molecule has 0 aromatic heterocycles. The van der Waals surface area contributed by atoms with E-state index in [0.29, 0.717) is 18.9 Å². The number of aliphatic carboxylic acids is 1. The molecule has 0 spiro atoms. The van der Waals surface area contributed by atoms with E-state index < -0.39 is 5.97 Å². The second-order valence-electron chi connectivity index (χ2n) is 4.87. The van der Waals surface area contributed by atoms with E-state index in [1.54, 1.807) is 0 Å². The standard InChI is InChI=1S/C12H24N2O2/c1-3-11(12(15)16)8-13-7-10-5-4-6-14(2)9-10/h10-11,13H,3-9H2,1-2H3,(H,15,16). The smallest absolute Gasteiger partial charge is 0.307 e. The van der Waals surface area contributed by atoms with Gasteiger partial charge in [-0.05, 0) is 45.3 Å². The molecule has 0 amide bonds. The maximum Gasteiger partial charge on any atom is 0.307 e. The molecule has 94 valence electrons. The summed E-state index contributed by atoms with van der Waals surface area (Å²) < 4.78 is 0. The predicted molar refractivity (Wildman–Crippen MR) is 64.5 cm³/mol. The molecule has 1 saturated heterocycles. The number of hydrogen-bond acceptors (Lipinski definition) is 3. The first kappa shape index (κ1) is 13.5. The van der Waals surface area contributed by atoms with Crippen LogP contribution in [0.1, 0.15) is 26.2 Å². The molecule has 16 heavy (non-hydrogen) atoms. The first-order chi connectivity index (χ1) is 7.63. The lowest BCUT2D eigenvalue weighted by Crippen LogP contribution is -2.39. The highest BCUT2D eigenvalue weighted by atomic mass is 16.4. The lowest BCUT2D eigenvalue weighted by Gasteiger charge is -2.30. The van der Waals surface area contributed by atoms with Crippen LogP contribution in [0, 0.1) is 11.8 Å². The summed E-state index contributed by atoms with van der Waals surface area (Å²) in [6, 6.07) is 0. The Balaban J connectivity index is 2.16. The number of carbonyl (C=O) groups is 1. The van der Waals surface area contributed by atoms with Gasteiger partial charge in [0.05, 0.1) is 5.92 Å². The summed E-state index contributed by atoms with van der Waals surface area (Å²) in [4.78, 5) is 13.2. The van der Waals surface area contributed by atoms with Crippen LogP contribution >= 0.6 is 0 Å². The minimum absolute atomic E-state index is 0.235. The molecule has 0 aromatic rings. The highest BCUT2D eigenvalue weighted by Gasteiger charge is 2.18. The van der Waals surface area contributed by atoms with Gasteiger partial charge < -0.3 is 15.3 Å². The zero-order valence-electron chi connectivity index (χ0n) is 10.4. The van der Waals surface area contributed by atoms with Crippen molar-refractivity contribution in [3.05, 3.63) is 0 Å². The zero-order valence-corrected chi connectivity index (χ0v) is 10.4. The number of nitrogens with one attached hydrogen (secondary N) is 1. The quantitative estimate of drug-likeness (QED) is 0.713. The molecule has 2 unspecified atom stereocenters. The van der Waals surface area contributed by atoms with Crippen molar-refractivity contribution in [1.82, 2.24) is 10.2 Å². The summed E-state index contributed by atoms with van der Waals surface area (Å²) >= 11 is 0. The Labute approximate surface area is 98.0 Å². The highest BCUT2D eigenvalue weighted by Crippen LogP contribution is 2.14. The van der Waals surface area contributed by atoms with Crippen molar-refractivity contribution in [3.8, 4) is 0 Å². The third kappa shape index (κ3) is 4.49. The minimum atomic E-state index is -0.684. The molecule has 1 heterocycles. The molecule has 4 nitrogen and oxygen atoms in total. The van der Waals surface area contributed by atoms with E-state index in [2.05, 4.69) is 17.3 Å². The van der Waals surface area contributed by atoms with Crippen LogP contribution in [0.25, 0.3) is 0 Å².